The Hall–Kier alpha value is -0.860. The molecule has 1 aromatic rings. The van der Waals surface area contributed by atoms with Crippen molar-refractivity contribution in [1.82, 2.24) is 4.90 Å². The van der Waals surface area contributed by atoms with E-state index in [-0.39, 0.29) is 6.04 Å². The van der Waals surface area contributed by atoms with E-state index in [0.717, 1.165) is 13.1 Å². The summed E-state index contributed by atoms with van der Waals surface area (Å²) in [6, 6.07) is 7.42. The van der Waals surface area contributed by atoms with Gasteiger partial charge < -0.3 is 5.73 Å². The molecule has 2 nitrogen and oxygen atoms in total. The van der Waals surface area contributed by atoms with Crippen LogP contribution in [0.3, 0.4) is 0 Å². The highest BCUT2D eigenvalue weighted by Gasteiger charge is 2.21. The minimum Gasteiger partial charge on any atom is -0.324 e. The Balaban J connectivity index is 2.24. The number of benzene rings is 1. The molecule has 0 radical (unpaired) electrons. The zero-order valence-corrected chi connectivity index (χ0v) is 9.83. The highest BCUT2D eigenvalue weighted by Crippen LogP contribution is 2.26. The lowest BCUT2D eigenvalue weighted by atomic mass is 10.0. The van der Waals surface area contributed by atoms with E-state index in [1.165, 1.54) is 16.7 Å². The summed E-state index contributed by atoms with van der Waals surface area (Å²) >= 11 is 0. The van der Waals surface area contributed by atoms with Crippen LogP contribution >= 0.6 is 0 Å². The second kappa shape index (κ2) is 3.95. The van der Waals surface area contributed by atoms with Crippen LogP contribution in [0.25, 0.3) is 0 Å². The minimum absolute atomic E-state index is 0.142. The maximum atomic E-state index is 5.89. The summed E-state index contributed by atoms with van der Waals surface area (Å²) in [5.41, 5.74) is 10.1. The molecule has 82 valence electrons. The molecule has 1 atom stereocenters. The molecule has 1 unspecified atom stereocenters. The van der Waals surface area contributed by atoms with Crippen LogP contribution in [0.5, 0.6) is 0 Å². The van der Waals surface area contributed by atoms with Gasteiger partial charge >= 0.3 is 0 Å². The van der Waals surface area contributed by atoms with Crippen LogP contribution in [-0.2, 0) is 13.1 Å². The van der Waals surface area contributed by atoms with Gasteiger partial charge in [-0.2, -0.15) is 0 Å². The number of hydrogen-bond donors (Lipinski definition) is 1. The first-order valence-electron chi connectivity index (χ1n) is 5.69. The third-order valence-electron chi connectivity index (χ3n) is 3.23. The lowest BCUT2D eigenvalue weighted by molar-refractivity contribution is 0.227. The second-order valence-electron chi connectivity index (χ2n) is 4.82. The van der Waals surface area contributed by atoms with E-state index in [4.69, 9.17) is 5.73 Å². The first kappa shape index (κ1) is 10.7. The monoisotopic (exact) mass is 204 g/mol. The number of nitrogens with zero attached hydrogens (tertiary/aromatic N) is 1. The molecule has 1 aliphatic rings. The van der Waals surface area contributed by atoms with Crippen molar-refractivity contribution in [2.24, 2.45) is 5.73 Å². The largest absolute Gasteiger partial charge is 0.324 e. The third-order valence-corrected chi connectivity index (χ3v) is 3.23. The molecular weight excluding hydrogens is 184 g/mol. The fraction of sp³-hybridized carbons (Fsp3) is 0.538. The molecule has 15 heavy (non-hydrogen) atoms. The molecule has 0 bridgehead atoms. The predicted molar refractivity (Wildman–Crippen MR) is 63.4 cm³/mol. The smallest absolute Gasteiger partial charge is 0.0266 e. The lowest BCUT2D eigenvalue weighted by Crippen LogP contribution is -2.24. The molecule has 0 aromatic heterocycles. The van der Waals surface area contributed by atoms with E-state index in [1.54, 1.807) is 0 Å². The van der Waals surface area contributed by atoms with Crippen molar-refractivity contribution in [1.29, 1.82) is 0 Å². The third kappa shape index (κ3) is 2.06. The van der Waals surface area contributed by atoms with E-state index < -0.39 is 0 Å². The molecule has 1 heterocycles. The summed E-state index contributed by atoms with van der Waals surface area (Å²) in [5.74, 6) is 0. The van der Waals surface area contributed by atoms with Gasteiger partial charge in [-0.25, -0.2) is 0 Å². The molecule has 2 heteroatoms. The van der Waals surface area contributed by atoms with E-state index in [0.29, 0.717) is 6.04 Å². The second-order valence-corrected chi connectivity index (χ2v) is 4.82. The molecule has 0 amide bonds. The van der Waals surface area contributed by atoms with Gasteiger partial charge in [0.05, 0.1) is 0 Å². The molecule has 0 aliphatic carbocycles. The quantitative estimate of drug-likeness (QED) is 0.801. The van der Waals surface area contributed by atoms with Crippen LogP contribution in [0.1, 0.15) is 43.5 Å². The maximum absolute atomic E-state index is 5.89. The summed E-state index contributed by atoms with van der Waals surface area (Å²) in [4.78, 5) is 2.48. The summed E-state index contributed by atoms with van der Waals surface area (Å²) in [6.45, 7) is 8.70. The normalized spacial score (nSPS) is 18.2. The van der Waals surface area contributed by atoms with Crippen LogP contribution in [0, 0.1) is 0 Å². The number of rotatable bonds is 2. The van der Waals surface area contributed by atoms with E-state index in [2.05, 4.69) is 36.9 Å². The Kier molecular flexibility index (Phi) is 2.81. The van der Waals surface area contributed by atoms with Crippen LogP contribution in [0.2, 0.25) is 0 Å². The van der Waals surface area contributed by atoms with Gasteiger partial charge in [0.25, 0.3) is 0 Å². The van der Waals surface area contributed by atoms with Crippen LogP contribution in [-0.4, -0.2) is 10.9 Å². The maximum Gasteiger partial charge on any atom is 0.0266 e. The molecule has 1 aliphatic heterocycles. The average Bonchev–Trinajstić information content (AvgIpc) is 2.59. The lowest BCUT2D eigenvalue weighted by Gasteiger charge is -2.18. The number of nitrogens with two attached hydrogens (primary N) is 1. The van der Waals surface area contributed by atoms with Gasteiger partial charge in [-0.15, -0.1) is 0 Å². The minimum atomic E-state index is 0.142. The Morgan fingerprint density at radius 3 is 2.40 bits per heavy atom. The molecule has 2 rings (SSSR count). The van der Waals surface area contributed by atoms with Crippen molar-refractivity contribution >= 4 is 0 Å². The Morgan fingerprint density at radius 2 is 1.80 bits per heavy atom. The molecule has 0 spiro atoms. The zero-order chi connectivity index (χ0) is 11.0. The average molecular weight is 204 g/mol. The van der Waals surface area contributed by atoms with Crippen LogP contribution in [0.15, 0.2) is 18.2 Å². The van der Waals surface area contributed by atoms with E-state index in [1.807, 2.05) is 6.92 Å². The fourth-order valence-corrected chi connectivity index (χ4v) is 2.09. The summed E-state index contributed by atoms with van der Waals surface area (Å²) in [7, 11) is 0. The van der Waals surface area contributed by atoms with Gasteiger partial charge in [-0.3, -0.25) is 4.90 Å². The zero-order valence-electron chi connectivity index (χ0n) is 9.83. The van der Waals surface area contributed by atoms with Crippen molar-refractivity contribution in [3.05, 3.63) is 34.9 Å². The Bertz CT molecular complexity index is 356. The van der Waals surface area contributed by atoms with E-state index in [9.17, 15) is 0 Å². The highest BCUT2D eigenvalue weighted by molar-refractivity contribution is 5.35. The van der Waals surface area contributed by atoms with Crippen molar-refractivity contribution in [3.8, 4) is 0 Å². The Morgan fingerprint density at radius 1 is 1.13 bits per heavy atom. The van der Waals surface area contributed by atoms with Crippen LogP contribution < -0.4 is 5.73 Å². The first-order chi connectivity index (χ1) is 7.08. The summed E-state index contributed by atoms with van der Waals surface area (Å²) < 4.78 is 0. The van der Waals surface area contributed by atoms with Crippen LogP contribution in [0.4, 0.5) is 0 Å². The van der Waals surface area contributed by atoms with Crippen molar-refractivity contribution in [2.45, 2.75) is 45.9 Å². The van der Waals surface area contributed by atoms with Gasteiger partial charge in [-0.05, 0) is 37.5 Å². The van der Waals surface area contributed by atoms with Gasteiger partial charge in [0.1, 0.15) is 0 Å². The molecular formula is C13H20N2. The summed E-state index contributed by atoms with van der Waals surface area (Å²) in [6.07, 6.45) is 0. The topological polar surface area (TPSA) is 29.3 Å². The standard InChI is InChI=1S/C13H20N2/c1-9(2)15-7-12-5-4-11(10(3)14)6-13(12)8-15/h4-6,9-10H,7-8,14H2,1-3H3. The van der Waals surface area contributed by atoms with E-state index >= 15 is 0 Å². The molecule has 0 saturated carbocycles. The summed E-state index contributed by atoms with van der Waals surface area (Å²) in [5, 5.41) is 0. The van der Waals surface area contributed by atoms with Gasteiger partial charge in [0.15, 0.2) is 0 Å². The van der Waals surface area contributed by atoms with Crippen molar-refractivity contribution < 1.29 is 0 Å². The van der Waals surface area contributed by atoms with Gasteiger partial charge in [0, 0.05) is 25.2 Å². The van der Waals surface area contributed by atoms with Crippen molar-refractivity contribution in [2.75, 3.05) is 0 Å². The predicted octanol–water partition coefficient (Wildman–Crippen LogP) is 2.43. The number of fused-ring (bicyclic) bond motifs is 1. The molecule has 0 fully saturated rings. The SMILES string of the molecule is CC(N)c1ccc2c(c1)CN(C(C)C)C2. The van der Waals surface area contributed by atoms with Gasteiger partial charge in [-0.1, -0.05) is 18.2 Å². The number of hydrogen-bond acceptors (Lipinski definition) is 2. The Labute approximate surface area is 92.1 Å². The van der Waals surface area contributed by atoms with Gasteiger partial charge in [0.2, 0.25) is 0 Å². The van der Waals surface area contributed by atoms with Crippen molar-refractivity contribution in [3.63, 3.8) is 0 Å². The highest BCUT2D eigenvalue weighted by atomic mass is 15.2. The molecule has 2 N–H and O–H groups in total. The first-order valence-corrected chi connectivity index (χ1v) is 5.69. The fourth-order valence-electron chi connectivity index (χ4n) is 2.09. The molecule has 1 aromatic carbocycles. The molecule has 0 saturated heterocycles.